The Morgan fingerprint density at radius 2 is 1.82 bits per heavy atom. The smallest absolute Gasteiger partial charge is 0.238 e. The number of carbonyl (C=O) groups is 2. The number of hydrogen-bond donors (Lipinski definition) is 1. The van der Waals surface area contributed by atoms with E-state index in [4.69, 9.17) is 21.3 Å². The Kier molecular flexibility index (Phi) is 9.63. The fourth-order valence-electron chi connectivity index (χ4n) is 3.46. The Labute approximate surface area is 204 Å². The van der Waals surface area contributed by atoms with Gasteiger partial charge in [-0.1, -0.05) is 56.0 Å². The molecule has 3 rings (SSSR count). The molecule has 1 N–H and O–H groups in total. The molecular formula is C25H30ClN3O3S. The van der Waals surface area contributed by atoms with Crippen LogP contribution in [0.25, 0.3) is 0 Å². The van der Waals surface area contributed by atoms with Crippen LogP contribution in [0, 0.1) is 0 Å². The van der Waals surface area contributed by atoms with Crippen LogP contribution in [0.4, 0.5) is 11.4 Å². The van der Waals surface area contributed by atoms with E-state index in [-0.39, 0.29) is 18.2 Å². The van der Waals surface area contributed by atoms with Crippen LogP contribution in [0.1, 0.15) is 45.4 Å². The van der Waals surface area contributed by atoms with Gasteiger partial charge in [0.15, 0.2) is 5.17 Å². The second-order valence-electron chi connectivity index (χ2n) is 7.86. The Morgan fingerprint density at radius 3 is 2.48 bits per heavy atom. The maximum Gasteiger partial charge on any atom is 0.238 e. The molecule has 176 valence electrons. The van der Waals surface area contributed by atoms with E-state index in [2.05, 4.69) is 12.2 Å². The lowest BCUT2D eigenvalue weighted by Gasteiger charge is -2.32. The molecule has 1 unspecified atom stereocenters. The van der Waals surface area contributed by atoms with E-state index < -0.39 is 5.25 Å². The van der Waals surface area contributed by atoms with Crippen molar-refractivity contribution in [3.8, 4) is 5.75 Å². The number of methoxy groups -OCH3 is 1. The van der Waals surface area contributed by atoms with Crippen LogP contribution >= 0.6 is 23.4 Å². The summed E-state index contributed by atoms with van der Waals surface area (Å²) in [5.41, 5.74) is 1.35. The number of rotatable bonds is 10. The molecule has 0 aromatic heterocycles. The zero-order valence-electron chi connectivity index (χ0n) is 19.1. The van der Waals surface area contributed by atoms with Gasteiger partial charge in [-0.25, -0.2) is 4.99 Å². The largest absolute Gasteiger partial charge is 0.497 e. The molecule has 1 aliphatic heterocycles. The van der Waals surface area contributed by atoms with Gasteiger partial charge in [0.05, 0.1) is 12.8 Å². The summed E-state index contributed by atoms with van der Waals surface area (Å²) in [6, 6.07) is 14.2. The van der Waals surface area contributed by atoms with Crippen LogP contribution < -0.4 is 10.1 Å². The Morgan fingerprint density at radius 1 is 1.12 bits per heavy atom. The van der Waals surface area contributed by atoms with Crippen molar-refractivity contribution in [1.29, 1.82) is 0 Å². The third-order valence-electron chi connectivity index (χ3n) is 5.33. The summed E-state index contributed by atoms with van der Waals surface area (Å²) in [4.78, 5) is 32.4. The summed E-state index contributed by atoms with van der Waals surface area (Å²) in [5.74, 6) is 0.438. The van der Waals surface area contributed by atoms with Gasteiger partial charge in [-0.15, -0.1) is 0 Å². The number of unbranched alkanes of at least 4 members (excludes halogenated alkanes) is 4. The minimum atomic E-state index is -0.554. The molecule has 0 bridgehead atoms. The third-order valence-corrected chi connectivity index (χ3v) is 6.77. The van der Waals surface area contributed by atoms with Crippen LogP contribution in [0.3, 0.4) is 0 Å². The van der Waals surface area contributed by atoms with Gasteiger partial charge in [0.1, 0.15) is 11.0 Å². The number of hydrogen-bond acceptors (Lipinski definition) is 5. The maximum atomic E-state index is 13.0. The fraction of sp³-hybridized carbons (Fsp3) is 0.400. The van der Waals surface area contributed by atoms with Crippen molar-refractivity contribution >= 4 is 51.7 Å². The van der Waals surface area contributed by atoms with Crippen molar-refractivity contribution in [2.24, 2.45) is 4.99 Å². The minimum absolute atomic E-state index is 0.0761. The molecule has 1 fully saturated rings. The van der Waals surface area contributed by atoms with Crippen molar-refractivity contribution in [3.63, 3.8) is 0 Å². The number of thioether (sulfide) groups is 1. The highest BCUT2D eigenvalue weighted by Crippen LogP contribution is 2.31. The average molecular weight is 488 g/mol. The molecule has 1 heterocycles. The summed E-state index contributed by atoms with van der Waals surface area (Å²) in [6.07, 6.45) is 5.65. The molecule has 2 aromatic carbocycles. The monoisotopic (exact) mass is 487 g/mol. The molecule has 1 atom stereocenters. The zero-order chi connectivity index (χ0) is 23.6. The van der Waals surface area contributed by atoms with E-state index >= 15 is 0 Å². The summed E-state index contributed by atoms with van der Waals surface area (Å²) in [6.45, 7) is 2.79. The van der Waals surface area contributed by atoms with Crippen LogP contribution in [-0.4, -0.2) is 40.8 Å². The number of carbonyl (C=O) groups excluding carboxylic acids is 2. The van der Waals surface area contributed by atoms with E-state index in [1.165, 1.54) is 24.6 Å². The first-order valence-electron chi connectivity index (χ1n) is 11.3. The van der Waals surface area contributed by atoms with E-state index in [9.17, 15) is 9.59 Å². The molecule has 2 aromatic rings. The quantitative estimate of drug-likeness (QED) is 0.400. The van der Waals surface area contributed by atoms with Gasteiger partial charge in [-0.3, -0.25) is 14.5 Å². The van der Waals surface area contributed by atoms with Crippen molar-refractivity contribution in [1.82, 2.24) is 4.90 Å². The molecule has 8 heteroatoms. The van der Waals surface area contributed by atoms with Gasteiger partial charge in [0, 0.05) is 23.7 Å². The summed E-state index contributed by atoms with van der Waals surface area (Å²) >= 11 is 7.26. The Balaban J connectivity index is 1.75. The van der Waals surface area contributed by atoms with Gasteiger partial charge in [-0.2, -0.15) is 0 Å². The van der Waals surface area contributed by atoms with Gasteiger partial charge in [-0.05, 0) is 55.0 Å². The molecule has 33 heavy (non-hydrogen) atoms. The fourth-order valence-corrected chi connectivity index (χ4v) is 4.71. The van der Waals surface area contributed by atoms with Crippen LogP contribution in [0.15, 0.2) is 53.5 Å². The first-order valence-corrected chi connectivity index (χ1v) is 12.5. The molecule has 1 aliphatic rings. The predicted molar refractivity (Wildman–Crippen MR) is 137 cm³/mol. The summed E-state index contributed by atoms with van der Waals surface area (Å²) < 4.78 is 5.22. The number of benzene rings is 2. The summed E-state index contributed by atoms with van der Waals surface area (Å²) in [5, 5.41) is 3.48. The highest BCUT2D eigenvalue weighted by molar-refractivity contribution is 8.15. The molecule has 0 aliphatic carbocycles. The number of halogens is 1. The van der Waals surface area contributed by atoms with E-state index in [0.29, 0.717) is 28.1 Å². The number of aliphatic imine (C=N–C) groups is 1. The number of anilines is 1. The van der Waals surface area contributed by atoms with Crippen molar-refractivity contribution in [2.75, 3.05) is 19.0 Å². The van der Waals surface area contributed by atoms with Crippen molar-refractivity contribution in [2.45, 2.75) is 50.7 Å². The maximum absolute atomic E-state index is 13.0. The van der Waals surface area contributed by atoms with E-state index in [1.54, 1.807) is 36.3 Å². The second kappa shape index (κ2) is 12.7. The van der Waals surface area contributed by atoms with E-state index in [0.717, 1.165) is 25.0 Å². The molecule has 2 amide bonds. The third kappa shape index (κ3) is 7.51. The highest BCUT2D eigenvalue weighted by Gasteiger charge is 2.35. The lowest BCUT2D eigenvalue weighted by molar-refractivity contribution is -0.129. The SMILES string of the molecule is CCCCCCCN1C(=O)CC(C(=O)Nc2ccc(Cl)cc2)SC1=Nc1ccc(OC)cc1. The van der Waals surface area contributed by atoms with Crippen molar-refractivity contribution < 1.29 is 14.3 Å². The average Bonchev–Trinajstić information content (AvgIpc) is 2.82. The standard InChI is InChI=1S/C25H30ClN3O3S/c1-3-4-5-6-7-16-29-23(30)17-22(24(31)27-19-10-8-18(26)9-11-19)33-25(29)28-20-12-14-21(32-2)15-13-20/h8-15,22H,3-7,16-17H2,1-2H3,(H,27,31). The highest BCUT2D eigenvalue weighted by atomic mass is 35.5. The normalized spacial score (nSPS) is 17.3. The van der Waals surface area contributed by atoms with Gasteiger partial charge < -0.3 is 10.1 Å². The first kappa shape index (κ1) is 25.1. The number of nitrogens with zero attached hydrogens (tertiary/aromatic N) is 2. The lowest BCUT2D eigenvalue weighted by Crippen LogP contribution is -2.45. The van der Waals surface area contributed by atoms with Crippen molar-refractivity contribution in [3.05, 3.63) is 53.6 Å². The number of ether oxygens (including phenoxy) is 1. The van der Waals surface area contributed by atoms with Gasteiger partial charge >= 0.3 is 0 Å². The molecule has 0 radical (unpaired) electrons. The first-order chi connectivity index (χ1) is 16.0. The minimum Gasteiger partial charge on any atom is -0.497 e. The van der Waals surface area contributed by atoms with E-state index in [1.807, 2.05) is 24.3 Å². The van der Waals surface area contributed by atoms with Gasteiger partial charge in [0.2, 0.25) is 11.8 Å². The van der Waals surface area contributed by atoms with Crippen LogP contribution in [-0.2, 0) is 9.59 Å². The zero-order valence-corrected chi connectivity index (χ0v) is 20.6. The lowest BCUT2D eigenvalue weighted by atomic mass is 10.1. The Bertz CT molecular complexity index is 964. The van der Waals surface area contributed by atoms with Crippen LogP contribution in [0.5, 0.6) is 5.75 Å². The summed E-state index contributed by atoms with van der Waals surface area (Å²) in [7, 11) is 1.61. The van der Waals surface area contributed by atoms with Crippen LogP contribution in [0.2, 0.25) is 5.02 Å². The molecular weight excluding hydrogens is 458 g/mol. The Hall–Kier alpha value is -2.51. The topological polar surface area (TPSA) is 71.0 Å². The number of amidine groups is 1. The molecule has 0 spiro atoms. The van der Waals surface area contributed by atoms with Gasteiger partial charge in [0.25, 0.3) is 0 Å². The second-order valence-corrected chi connectivity index (χ2v) is 9.47. The molecule has 0 saturated carbocycles. The number of nitrogens with one attached hydrogen (secondary N) is 1. The molecule has 6 nitrogen and oxygen atoms in total. The molecule has 1 saturated heterocycles. The predicted octanol–water partition coefficient (Wildman–Crippen LogP) is 6.28. The number of amides is 2.